The SMILES string of the molecule is CCc1cc(N2CCC(NC(=O)COc3ccccc3)CC2)ncn1. The molecule has 1 aromatic carbocycles. The van der Waals surface area contributed by atoms with Gasteiger partial charge in [-0.25, -0.2) is 9.97 Å². The number of rotatable bonds is 6. The van der Waals surface area contributed by atoms with E-state index in [1.54, 1.807) is 6.33 Å². The van der Waals surface area contributed by atoms with Crippen molar-refractivity contribution in [2.45, 2.75) is 32.2 Å². The Morgan fingerprint density at radius 3 is 2.72 bits per heavy atom. The van der Waals surface area contributed by atoms with Crippen LogP contribution in [0.4, 0.5) is 5.82 Å². The number of nitrogens with zero attached hydrogens (tertiary/aromatic N) is 3. The molecule has 0 aliphatic carbocycles. The summed E-state index contributed by atoms with van der Waals surface area (Å²) in [5, 5.41) is 3.06. The smallest absolute Gasteiger partial charge is 0.258 e. The largest absolute Gasteiger partial charge is 0.484 e. The van der Waals surface area contributed by atoms with Crippen LogP contribution in [0.2, 0.25) is 0 Å². The van der Waals surface area contributed by atoms with E-state index in [0.29, 0.717) is 5.75 Å². The molecule has 1 saturated heterocycles. The summed E-state index contributed by atoms with van der Waals surface area (Å²) >= 11 is 0. The molecule has 25 heavy (non-hydrogen) atoms. The van der Waals surface area contributed by atoms with E-state index in [9.17, 15) is 4.79 Å². The minimum atomic E-state index is -0.0717. The molecule has 1 amide bonds. The number of benzene rings is 1. The zero-order valence-electron chi connectivity index (χ0n) is 14.5. The van der Waals surface area contributed by atoms with Crippen LogP contribution in [0.3, 0.4) is 0 Å². The van der Waals surface area contributed by atoms with Gasteiger partial charge in [-0.15, -0.1) is 0 Å². The Labute approximate surface area is 148 Å². The van der Waals surface area contributed by atoms with E-state index in [4.69, 9.17) is 4.74 Å². The normalized spacial score (nSPS) is 15.0. The van der Waals surface area contributed by atoms with Gasteiger partial charge < -0.3 is 15.0 Å². The molecule has 0 bridgehead atoms. The van der Waals surface area contributed by atoms with Crippen LogP contribution < -0.4 is 15.0 Å². The maximum atomic E-state index is 12.0. The molecule has 2 aromatic rings. The fourth-order valence-corrected chi connectivity index (χ4v) is 2.94. The summed E-state index contributed by atoms with van der Waals surface area (Å²) in [4.78, 5) is 22.9. The van der Waals surface area contributed by atoms with E-state index in [-0.39, 0.29) is 18.6 Å². The number of amides is 1. The number of hydrogen-bond donors (Lipinski definition) is 1. The molecule has 0 atom stereocenters. The summed E-state index contributed by atoms with van der Waals surface area (Å²) in [5.74, 6) is 1.62. The molecule has 3 rings (SSSR count). The molecular weight excluding hydrogens is 316 g/mol. The van der Waals surface area contributed by atoms with Gasteiger partial charge in [0.1, 0.15) is 17.9 Å². The third-order valence-corrected chi connectivity index (χ3v) is 4.37. The van der Waals surface area contributed by atoms with Gasteiger partial charge in [0.2, 0.25) is 0 Å². The highest BCUT2D eigenvalue weighted by atomic mass is 16.5. The molecule has 1 aliphatic heterocycles. The van der Waals surface area contributed by atoms with Crippen LogP contribution in [-0.2, 0) is 11.2 Å². The van der Waals surface area contributed by atoms with E-state index in [1.807, 2.05) is 36.4 Å². The van der Waals surface area contributed by atoms with Crippen LogP contribution in [0.5, 0.6) is 5.75 Å². The quantitative estimate of drug-likeness (QED) is 0.873. The van der Waals surface area contributed by atoms with Gasteiger partial charge in [0.15, 0.2) is 6.61 Å². The monoisotopic (exact) mass is 340 g/mol. The summed E-state index contributed by atoms with van der Waals surface area (Å²) in [6, 6.07) is 11.6. The predicted molar refractivity (Wildman–Crippen MR) is 96.7 cm³/mol. The molecule has 1 aliphatic rings. The Hall–Kier alpha value is -2.63. The van der Waals surface area contributed by atoms with Crippen molar-refractivity contribution in [3.63, 3.8) is 0 Å². The van der Waals surface area contributed by atoms with Crippen molar-refractivity contribution < 1.29 is 9.53 Å². The first kappa shape index (κ1) is 17.2. The molecule has 6 heteroatoms. The summed E-state index contributed by atoms with van der Waals surface area (Å²) in [7, 11) is 0. The van der Waals surface area contributed by atoms with Gasteiger partial charge in [0, 0.05) is 30.9 Å². The minimum Gasteiger partial charge on any atom is -0.484 e. The third-order valence-electron chi connectivity index (χ3n) is 4.37. The van der Waals surface area contributed by atoms with Gasteiger partial charge in [-0.05, 0) is 31.4 Å². The number of aryl methyl sites for hydroxylation is 1. The summed E-state index contributed by atoms with van der Waals surface area (Å²) in [6.45, 7) is 3.90. The molecular formula is C19H24N4O2. The lowest BCUT2D eigenvalue weighted by Crippen LogP contribution is -2.46. The topological polar surface area (TPSA) is 67.4 Å². The molecule has 0 unspecified atom stereocenters. The second-order valence-corrected chi connectivity index (χ2v) is 6.15. The highest BCUT2D eigenvalue weighted by Crippen LogP contribution is 2.18. The minimum absolute atomic E-state index is 0.0516. The molecule has 2 heterocycles. The van der Waals surface area contributed by atoms with Crippen molar-refractivity contribution in [3.05, 3.63) is 48.4 Å². The Morgan fingerprint density at radius 2 is 2.00 bits per heavy atom. The van der Waals surface area contributed by atoms with Crippen molar-refractivity contribution in [2.75, 3.05) is 24.6 Å². The van der Waals surface area contributed by atoms with Crippen LogP contribution in [0.1, 0.15) is 25.5 Å². The number of ether oxygens (including phenoxy) is 1. The van der Waals surface area contributed by atoms with Gasteiger partial charge in [0.05, 0.1) is 0 Å². The number of carbonyl (C=O) groups is 1. The number of para-hydroxylation sites is 1. The van der Waals surface area contributed by atoms with Crippen molar-refractivity contribution in [3.8, 4) is 5.75 Å². The van der Waals surface area contributed by atoms with Crippen molar-refractivity contribution in [2.24, 2.45) is 0 Å². The van der Waals surface area contributed by atoms with Crippen LogP contribution in [-0.4, -0.2) is 41.6 Å². The molecule has 1 fully saturated rings. The van der Waals surface area contributed by atoms with Crippen LogP contribution in [0.25, 0.3) is 0 Å². The molecule has 0 spiro atoms. The first-order valence-electron chi connectivity index (χ1n) is 8.77. The zero-order valence-corrected chi connectivity index (χ0v) is 14.5. The third kappa shape index (κ3) is 4.92. The van der Waals surface area contributed by atoms with E-state index < -0.39 is 0 Å². The molecule has 1 N–H and O–H groups in total. The van der Waals surface area contributed by atoms with Crippen LogP contribution in [0.15, 0.2) is 42.7 Å². The Balaban J connectivity index is 1.43. The lowest BCUT2D eigenvalue weighted by atomic mass is 10.0. The molecule has 0 saturated carbocycles. The van der Waals surface area contributed by atoms with Gasteiger partial charge in [-0.3, -0.25) is 4.79 Å². The van der Waals surface area contributed by atoms with Gasteiger partial charge in [-0.1, -0.05) is 25.1 Å². The number of piperidine rings is 1. The Morgan fingerprint density at radius 1 is 1.24 bits per heavy atom. The molecule has 132 valence electrons. The average Bonchev–Trinajstić information content (AvgIpc) is 2.68. The maximum absolute atomic E-state index is 12.0. The summed E-state index contributed by atoms with van der Waals surface area (Å²) < 4.78 is 5.49. The number of aromatic nitrogens is 2. The second kappa shape index (κ2) is 8.46. The number of carbonyl (C=O) groups excluding carboxylic acids is 1. The highest BCUT2D eigenvalue weighted by molar-refractivity contribution is 5.77. The van der Waals surface area contributed by atoms with E-state index in [1.165, 1.54) is 0 Å². The number of anilines is 1. The van der Waals surface area contributed by atoms with E-state index >= 15 is 0 Å². The van der Waals surface area contributed by atoms with Crippen LogP contribution in [0, 0.1) is 0 Å². The van der Waals surface area contributed by atoms with Crippen LogP contribution >= 0.6 is 0 Å². The van der Waals surface area contributed by atoms with Crippen molar-refractivity contribution in [1.29, 1.82) is 0 Å². The zero-order chi connectivity index (χ0) is 17.5. The lowest BCUT2D eigenvalue weighted by Gasteiger charge is -2.33. The fourth-order valence-electron chi connectivity index (χ4n) is 2.94. The summed E-state index contributed by atoms with van der Waals surface area (Å²) in [6.07, 6.45) is 4.34. The summed E-state index contributed by atoms with van der Waals surface area (Å²) in [5.41, 5.74) is 1.05. The van der Waals surface area contributed by atoms with Gasteiger partial charge in [0.25, 0.3) is 5.91 Å². The Kier molecular flexibility index (Phi) is 5.82. The molecule has 0 radical (unpaired) electrons. The van der Waals surface area contributed by atoms with Crippen molar-refractivity contribution >= 4 is 11.7 Å². The predicted octanol–water partition coefficient (Wildman–Crippen LogP) is 2.20. The lowest BCUT2D eigenvalue weighted by molar-refractivity contribution is -0.123. The maximum Gasteiger partial charge on any atom is 0.258 e. The number of hydrogen-bond acceptors (Lipinski definition) is 5. The highest BCUT2D eigenvalue weighted by Gasteiger charge is 2.21. The standard InChI is InChI=1S/C19H24N4O2/c1-2-15-12-18(21-14-20-15)23-10-8-16(9-11-23)22-19(24)13-25-17-6-4-3-5-7-17/h3-7,12,14,16H,2,8-11,13H2,1H3,(H,22,24). The first-order valence-corrected chi connectivity index (χ1v) is 8.77. The Bertz CT molecular complexity index is 685. The molecule has 6 nitrogen and oxygen atoms in total. The molecule has 1 aromatic heterocycles. The number of nitrogens with one attached hydrogen (secondary N) is 1. The van der Waals surface area contributed by atoms with E-state index in [0.717, 1.165) is 43.9 Å². The first-order chi connectivity index (χ1) is 12.2. The fraction of sp³-hybridized carbons (Fsp3) is 0.421. The average molecular weight is 340 g/mol. The van der Waals surface area contributed by atoms with Crippen molar-refractivity contribution in [1.82, 2.24) is 15.3 Å². The van der Waals surface area contributed by atoms with Gasteiger partial charge in [-0.2, -0.15) is 0 Å². The van der Waals surface area contributed by atoms with E-state index in [2.05, 4.69) is 27.1 Å². The van der Waals surface area contributed by atoms with Gasteiger partial charge >= 0.3 is 0 Å². The second-order valence-electron chi connectivity index (χ2n) is 6.15.